The van der Waals surface area contributed by atoms with Gasteiger partial charge in [-0.05, 0) is 54.9 Å². The molecule has 1 heterocycles. The van der Waals surface area contributed by atoms with Gasteiger partial charge in [0.2, 0.25) is 0 Å². The van der Waals surface area contributed by atoms with Crippen LogP contribution in [0.1, 0.15) is 47.0 Å². The van der Waals surface area contributed by atoms with Crippen molar-refractivity contribution in [1.82, 2.24) is 0 Å². The minimum Gasteiger partial charge on any atom is -0.542 e. The smallest absolute Gasteiger partial charge is 0.542 e. The standard InChI is InChI=1S/C16H16O4.Na/c1-2-10-11-6-4-3-5-9(11)7-12-13(17)8-14(16(18)19)20-15(10)12;/h7-8H,2-6H2,1H3,(H,18,19);/q;+1/p-1. The monoisotopic (exact) mass is 294 g/mol. The molecule has 0 bridgehead atoms. The van der Waals surface area contributed by atoms with Crippen LogP contribution in [0.15, 0.2) is 21.3 Å². The normalized spacial score (nSPS) is 13.6. The number of hydrogen-bond acceptors (Lipinski definition) is 4. The number of rotatable bonds is 2. The summed E-state index contributed by atoms with van der Waals surface area (Å²) in [6, 6.07) is 2.88. The van der Waals surface area contributed by atoms with Crippen molar-refractivity contribution in [3.63, 3.8) is 0 Å². The Bertz CT molecular complexity index is 761. The van der Waals surface area contributed by atoms with Crippen LogP contribution in [0.5, 0.6) is 0 Å². The van der Waals surface area contributed by atoms with E-state index < -0.39 is 11.7 Å². The van der Waals surface area contributed by atoms with Gasteiger partial charge in [-0.15, -0.1) is 0 Å². The Hall–Kier alpha value is -1.10. The van der Waals surface area contributed by atoms with E-state index in [1.807, 2.05) is 13.0 Å². The second kappa shape index (κ2) is 6.34. The summed E-state index contributed by atoms with van der Waals surface area (Å²) in [7, 11) is 0. The Labute approximate surface area is 144 Å². The predicted molar refractivity (Wildman–Crippen MR) is 72.8 cm³/mol. The molecule has 0 unspecified atom stereocenters. The molecule has 0 radical (unpaired) electrons. The Morgan fingerprint density at radius 1 is 1.29 bits per heavy atom. The molecule has 0 atom stereocenters. The summed E-state index contributed by atoms with van der Waals surface area (Å²) in [4.78, 5) is 23.0. The molecule has 1 aromatic carbocycles. The van der Waals surface area contributed by atoms with E-state index in [0.29, 0.717) is 11.0 Å². The maximum Gasteiger partial charge on any atom is 1.00 e. The SMILES string of the molecule is CCc1c2c(cc3c(=O)cc(C(=O)[O-])oc13)CCCC2.[Na+]. The van der Waals surface area contributed by atoms with Crippen LogP contribution in [0.25, 0.3) is 11.0 Å². The molecule has 0 spiro atoms. The van der Waals surface area contributed by atoms with Gasteiger partial charge in [0.25, 0.3) is 0 Å². The second-order valence-corrected chi connectivity index (χ2v) is 5.19. The molecule has 1 aliphatic carbocycles. The fourth-order valence-electron chi connectivity index (χ4n) is 3.08. The maximum atomic E-state index is 12.1. The second-order valence-electron chi connectivity index (χ2n) is 5.19. The van der Waals surface area contributed by atoms with Gasteiger partial charge in [-0.1, -0.05) is 6.92 Å². The average molecular weight is 294 g/mol. The molecular formula is C16H15NaO4. The minimum atomic E-state index is -1.45. The zero-order valence-electron chi connectivity index (χ0n) is 12.3. The Morgan fingerprint density at radius 2 is 2.00 bits per heavy atom. The number of aromatic carboxylic acids is 1. The van der Waals surface area contributed by atoms with Crippen molar-refractivity contribution in [1.29, 1.82) is 0 Å². The Balaban J connectivity index is 0.00000161. The molecule has 1 aliphatic rings. The number of carbonyl (C=O) groups excluding carboxylic acids is 1. The van der Waals surface area contributed by atoms with E-state index in [4.69, 9.17) is 4.42 Å². The zero-order chi connectivity index (χ0) is 14.3. The molecule has 0 fully saturated rings. The average Bonchev–Trinajstić information content (AvgIpc) is 2.45. The van der Waals surface area contributed by atoms with Crippen LogP contribution in [0, 0.1) is 0 Å². The molecule has 2 aromatic rings. The summed E-state index contributed by atoms with van der Waals surface area (Å²) < 4.78 is 5.43. The molecule has 4 nitrogen and oxygen atoms in total. The van der Waals surface area contributed by atoms with Crippen LogP contribution in [-0.4, -0.2) is 5.97 Å². The summed E-state index contributed by atoms with van der Waals surface area (Å²) in [5.74, 6) is -1.85. The first-order valence-electron chi connectivity index (χ1n) is 6.94. The van der Waals surface area contributed by atoms with E-state index in [0.717, 1.165) is 43.7 Å². The van der Waals surface area contributed by atoms with Gasteiger partial charge in [0.1, 0.15) is 11.6 Å². The predicted octanol–water partition coefficient (Wildman–Crippen LogP) is -1.40. The largest absolute Gasteiger partial charge is 1.00 e. The van der Waals surface area contributed by atoms with Gasteiger partial charge < -0.3 is 14.3 Å². The van der Waals surface area contributed by atoms with E-state index in [2.05, 4.69) is 0 Å². The molecule has 0 amide bonds. The van der Waals surface area contributed by atoms with Crippen LogP contribution in [0.2, 0.25) is 0 Å². The third-order valence-corrected chi connectivity index (χ3v) is 4.01. The van der Waals surface area contributed by atoms with Gasteiger partial charge in [-0.25, -0.2) is 0 Å². The molecule has 21 heavy (non-hydrogen) atoms. The van der Waals surface area contributed by atoms with Crippen LogP contribution in [0.4, 0.5) is 0 Å². The zero-order valence-corrected chi connectivity index (χ0v) is 14.3. The fourth-order valence-corrected chi connectivity index (χ4v) is 3.08. The first kappa shape index (κ1) is 16.3. The van der Waals surface area contributed by atoms with Gasteiger partial charge in [0.05, 0.1) is 5.39 Å². The molecule has 0 N–H and O–H groups in total. The number of aryl methyl sites for hydroxylation is 2. The van der Waals surface area contributed by atoms with Crippen LogP contribution < -0.4 is 40.1 Å². The third-order valence-electron chi connectivity index (χ3n) is 4.01. The van der Waals surface area contributed by atoms with Gasteiger partial charge in [0, 0.05) is 6.07 Å². The molecule has 0 saturated heterocycles. The quantitative estimate of drug-likeness (QED) is 0.639. The van der Waals surface area contributed by atoms with Crippen molar-refractivity contribution in [2.75, 3.05) is 0 Å². The topological polar surface area (TPSA) is 70.3 Å². The molecule has 1 aromatic heterocycles. The molecule has 5 heteroatoms. The number of carbonyl (C=O) groups is 1. The number of fused-ring (bicyclic) bond motifs is 2. The van der Waals surface area contributed by atoms with Crippen molar-refractivity contribution in [2.45, 2.75) is 39.0 Å². The summed E-state index contributed by atoms with van der Waals surface area (Å²) in [6.45, 7) is 2.00. The van der Waals surface area contributed by atoms with Crippen molar-refractivity contribution >= 4 is 16.9 Å². The fraction of sp³-hybridized carbons (Fsp3) is 0.375. The molecule has 0 aliphatic heterocycles. The molecular weight excluding hydrogens is 279 g/mol. The van der Waals surface area contributed by atoms with Crippen LogP contribution in [-0.2, 0) is 19.3 Å². The first-order chi connectivity index (χ1) is 9.61. The Kier molecular flexibility index (Phi) is 4.91. The number of benzene rings is 1. The van der Waals surface area contributed by atoms with E-state index in [1.54, 1.807) is 0 Å². The van der Waals surface area contributed by atoms with E-state index in [1.165, 1.54) is 11.1 Å². The third kappa shape index (κ3) is 2.80. The number of carboxylic acids is 1. The molecule has 3 rings (SSSR count). The molecule has 104 valence electrons. The van der Waals surface area contributed by atoms with Crippen LogP contribution >= 0.6 is 0 Å². The van der Waals surface area contributed by atoms with E-state index in [-0.39, 0.29) is 35.0 Å². The first-order valence-corrected chi connectivity index (χ1v) is 6.94. The minimum absolute atomic E-state index is 0. The van der Waals surface area contributed by atoms with E-state index in [9.17, 15) is 14.7 Å². The maximum absolute atomic E-state index is 12.1. The number of hydrogen-bond donors (Lipinski definition) is 0. The van der Waals surface area contributed by atoms with Gasteiger partial charge in [0.15, 0.2) is 11.2 Å². The van der Waals surface area contributed by atoms with Crippen LogP contribution in [0.3, 0.4) is 0 Å². The van der Waals surface area contributed by atoms with Crippen molar-refractivity contribution in [3.8, 4) is 0 Å². The van der Waals surface area contributed by atoms with Gasteiger partial charge >= 0.3 is 29.6 Å². The van der Waals surface area contributed by atoms with Crippen molar-refractivity contribution < 1.29 is 43.9 Å². The number of carboxylic acid groups (broad SMARTS) is 1. The van der Waals surface area contributed by atoms with Crippen molar-refractivity contribution in [3.05, 3.63) is 44.8 Å². The van der Waals surface area contributed by atoms with Gasteiger partial charge in [-0.3, -0.25) is 4.79 Å². The Morgan fingerprint density at radius 3 is 2.67 bits per heavy atom. The summed E-state index contributed by atoms with van der Waals surface area (Å²) in [5.41, 5.74) is 3.50. The van der Waals surface area contributed by atoms with Gasteiger partial charge in [-0.2, -0.15) is 0 Å². The molecule has 0 saturated carbocycles. The van der Waals surface area contributed by atoms with E-state index >= 15 is 0 Å². The summed E-state index contributed by atoms with van der Waals surface area (Å²) in [6.07, 6.45) is 4.91. The summed E-state index contributed by atoms with van der Waals surface area (Å²) >= 11 is 0. The summed E-state index contributed by atoms with van der Waals surface area (Å²) in [5, 5.41) is 11.4. The van der Waals surface area contributed by atoms with Crippen molar-refractivity contribution in [2.24, 2.45) is 0 Å².